The molecule has 0 saturated carbocycles. The highest BCUT2D eigenvalue weighted by Crippen LogP contribution is 2.39. The van der Waals surface area contributed by atoms with Gasteiger partial charge in [-0.2, -0.15) is 0 Å². The Kier molecular flexibility index (Phi) is 6.95. The molecule has 0 aliphatic carbocycles. The molecule has 0 unspecified atom stereocenters. The summed E-state index contributed by atoms with van der Waals surface area (Å²) < 4.78 is 6.70. The molecule has 0 radical (unpaired) electrons. The van der Waals surface area contributed by atoms with Crippen LogP contribution in [-0.4, -0.2) is 51.4 Å². The van der Waals surface area contributed by atoms with Gasteiger partial charge < -0.3 is 10.1 Å². The summed E-state index contributed by atoms with van der Waals surface area (Å²) in [4.78, 5) is 61.2. The van der Waals surface area contributed by atoms with E-state index in [1.54, 1.807) is 35.0 Å². The number of rotatable bonds is 7. The van der Waals surface area contributed by atoms with Gasteiger partial charge in [0.05, 0.1) is 29.6 Å². The summed E-state index contributed by atoms with van der Waals surface area (Å²) in [6, 6.07) is 14.7. The topological polar surface area (TPSA) is 123 Å². The van der Waals surface area contributed by atoms with Gasteiger partial charge in [0.1, 0.15) is 11.9 Å². The van der Waals surface area contributed by atoms with Crippen LogP contribution in [0.5, 0.6) is 0 Å². The number of hydrogen-bond acceptors (Lipinski definition) is 7. The molecule has 0 bridgehead atoms. The number of benzene rings is 1. The van der Waals surface area contributed by atoms with Crippen molar-refractivity contribution in [2.45, 2.75) is 19.4 Å². The van der Waals surface area contributed by atoms with Crippen LogP contribution in [0.4, 0.5) is 5.69 Å². The lowest BCUT2D eigenvalue weighted by molar-refractivity contribution is -0.144. The Morgan fingerprint density at radius 2 is 1.77 bits per heavy atom. The zero-order chi connectivity index (χ0) is 27.7. The number of halogens is 1. The maximum atomic E-state index is 13.9. The zero-order valence-electron chi connectivity index (χ0n) is 20.9. The Balaban J connectivity index is 1.76. The van der Waals surface area contributed by atoms with Gasteiger partial charge in [0, 0.05) is 37.2 Å². The molecule has 1 atom stereocenters. The van der Waals surface area contributed by atoms with Gasteiger partial charge in [0.2, 0.25) is 5.91 Å². The Labute approximate surface area is 227 Å². The minimum atomic E-state index is -1.05. The van der Waals surface area contributed by atoms with Crippen molar-refractivity contribution in [3.8, 4) is 5.82 Å². The molecule has 196 valence electrons. The highest BCUT2D eigenvalue weighted by Gasteiger charge is 2.39. The molecule has 1 aliphatic rings. The van der Waals surface area contributed by atoms with E-state index in [0.29, 0.717) is 28.0 Å². The molecule has 3 amide bonds. The van der Waals surface area contributed by atoms with E-state index in [9.17, 15) is 19.2 Å². The van der Waals surface area contributed by atoms with Gasteiger partial charge in [0.25, 0.3) is 11.8 Å². The number of carbonyl (C=O) groups is 4. The summed E-state index contributed by atoms with van der Waals surface area (Å²) >= 11 is 6.23. The Morgan fingerprint density at radius 1 is 1.03 bits per heavy atom. The first-order chi connectivity index (χ1) is 18.8. The molecule has 3 aromatic heterocycles. The normalized spacial score (nSPS) is 13.9. The van der Waals surface area contributed by atoms with Crippen molar-refractivity contribution in [2.75, 3.05) is 12.0 Å². The maximum Gasteiger partial charge on any atom is 0.328 e. The van der Waals surface area contributed by atoms with E-state index >= 15 is 0 Å². The molecular weight excluding hydrogens is 522 g/mol. The lowest BCUT2D eigenvalue weighted by Crippen LogP contribution is -2.42. The number of pyridine rings is 2. The van der Waals surface area contributed by atoms with E-state index in [-0.39, 0.29) is 22.8 Å². The fraction of sp³-hybridized carbons (Fsp3) is 0.143. The molecule has 0 fully saturated rings. The number of hydrogen-bond donors (Lipinski definition) is 1. The summed E-state index contributed by atoms with van der Waals surface area (Å²) in [6.07, 6.45) is 4.28. The molecule has 1 N–H and O–H groups in total. The third kappa shape index (κ3) is 4.66. The number of aromatic nitrogens is 3. The molecule has 4 heterocycles. The smallest absolute Gasteiger partial charge is 0.328 e. The first-order valence-electron chi connectivity index (χ1n) is 11.9. The minimum Gasteiger partial charge on any atom is -0.467 e. The number of ether oxygens (including phenoxy) is 1. The van der Waals surface area contributed by atoms with Crippen molar-refractivity contribution < 1.29 is 23.9 Å². The largest absolute Gasteiger partial charge is 0.467 e. The summed E-state index contributed by atoms with van der Waals surface area (Å²) in [6.45, 7) is 1.30. The second-order valence-electron chi connectivity index (χ2n) is 8.70. The molecule has 0 saturated heterocycles. The second-order valence-corrected chi connectivity index (χ2v) is 9.06. The van der Waals surface area contributed by atoms with Crippen molar-refractivity contribution in [3.05, 3.63) is 89.5 Å². The number of anilines is 1. The van der Waals surface area contributed by atoms with Crippen molar-refractivity contribution in [2.24, 2.45) is 0 Å². The predicted molar refractivity (Wildman–Crippen MR) is 144 cm³/mol. The number of carbonyl (C=O) groups excluding carboxylic acids is 4. The van der Waals surface area contributed by atoms with E-state index in [4.69, 9.17) is 16.3 Å². The summed E-state index contributed by atoms with van der Waals surface area (Å²) in [5.41, 5.74) is 1.81. The number of methoxy groups -OCH3 is 1. The number of imide groups is 1. The lowest BCUT2D eigenvalue weighted by Gasteiger charge is -2.19. The van der Waals surface area contributed by atoms with Gasteiger partial charge in [-0.1, -0.05) is 35.9 Å². The summed E-state index contributed by atoms with van der Waals surface area (Å²) in [5, 5.41) is 3.33. The van der Waals surface area contributed by atoms with Crippen LogP contribution >= 0.6 is 11.6 Å². The van der Waals surface area contributed by atoms with Crippen LogP contribution in [0.25, 0.3) is 22.3 Å². The van der Waals surface area contributed by atoms with Crippen LogP contribution in [0.1, 0.15) is 18.2 Å². The number of nitrogens with one attached hydrogen (secondary N) is 1. The molecule has 4 aromatic rings. The van der Waals surface area contributed by atoms with Gasteiger partial charge in [0.15, 0.2) is 5.15 Å². The van der Waals surface area contributed by atoms with Crippen LogP contribution in [0.3, 0.4) is 0 Å². The molecule has 0 spiro atoms. The number of esters is 1. The Morgan fingerprint density at radius 3 is 2.46 bits per heavy atom. The van der Waals surface area contributed by atoms with Gasteiger partial charge in [-0.15, -0.1) is 0 Å². The maximum absolute atomic E-state index is 13.9. The van der Waals surface area contributed by atoms with E-state index in [2.05, 4.69) is 15.3 Å². The van der Waals surface area contributed by atoms with Crippen molar-refractivity contribution in [1.29, 1.82) is 0 Å². The first kappa shape index (κ1) is 25.8. The molecule has 10 nitrogen and oxygen atoms in total. The molecule has 1 aromatic carbocycles. The van der Waals surface area contributed by atoms with Gasteiger partial charge >= 0.3 is 5.97 Å². The molecule has 39 heavy (non-hydrogen) atoms. The van der Waals surface area contributed by atoms with Gasteiger partial charge in [-0.05, 0) is 35.9 Å². The SMILES string of the molecule is COC(=O)[C@H](Cc1c(C2=CC(=O)N(c3cccnc3Cl)C2=O)n(-c2ccccn2)c2ccccc12)NC(C)=O. The van der Waals surface area contributed by atoms with Crippen LogP contribution in [0.15, 0.2) is 73.1 Å². The monoisotopic (exact) mass is 543 g/mol. The van der Waals surface area contributed by atoms with Crippen LogP contribution in [0.2, 0.25) is 5.15 Å². The van der Waals surface area contributed by atoms with E-state index in [1.165, 1.54) is 32.4 Å². The third-order valence-corrected chi connectivity index (χ3v) is 6.58. The average Bonchev–Trinajstić information content (AvgIpc) is 3.41. The minimum absolute atomic E-state index is 0.00393. The summed E-state index contributed by atoms with van der Waals surface area (Å²) in [5.74, 6) is -1.81. The fourth-order valence-corrected chi connectivity index (χ4v) is 4.92. The third-order valence-electron chi connectivity index (χ3n) is 6.29. The zero-order valence-corrected chi connectivity index (χ0v) is 21.7. The van der Waals surface area contributed by atoms with E-state index in [1.807, 2.05) is 24.3 Å². The van der Waals surface area contributed by atoms with Crippen LogP contribution in [-0.2, 0) is 30.3 Å². The molecule has 1 aliphatic heterocycles. The Bertz CT molecular complexity index is 1660. The van der Waals surface area contributed by atoms with Crippen LogP contribution < -0.4 is 10.2 Å². The molecular formula is C28H22ClN5O5. The highest BCUT2D eigenvalue weighted by atomic mass is 35.5. The Hall–Kier alpha value is -4.83. The number of fused-ring (bicyclic) bond motifs is 1. The number of amides is 3. The van der Waals surface area contributed by atoms with E-state index < -0.39 is 29.7 Å². The van der Waals surface area contributed by atoms with Gasteiger partial charge in [-0.3, -0.25) is 19.0 Å². The van der Waals surface area contributed by atoms with Crippen molar-refractivity contribution >= 4 is 57.5 Å². The molecule has 5 rings (SSSR count). The fourth-order valence-electron chi connectivity index (χ4n) is 4.72. The number of para-hydroxylation sites is 1. The predicted octanol–water partition coefficient (Wildman–Crippen LogP) is 3.25. The lowest BCUT2D eigenvalue weighted by atomic mass is 9.98. The number of nitrogens with zero attached hydrogens (tertiary/aromatic N) is 4. The standard InChI is InChI=1S/C28H22ClN5O5/c1-16(35)32-20(28(38)39-2)14-18-17-8-3-4-9-21(17)33(23-11-5-6-12-30-23)25(18)19-15-24(36)34(27(19)37)22-10-7-13-31-26(22)29/h3-13,15,20H,14H2,1-2H3,(H,32,35)/t20-/m0/s1. The first-order valence-corrected chi connectivity index (χ1v) is 12.3. The quantitative estimate of drug-likeness (QED) is 0.215. The second kappa shape index (κ2) is 10.5. The van der Waals surface area contributed by atoms with Crippen molar-refractivity contribution in [1.82, 2.24) is 19.9 Å². The highest BCUT2D eigenvalue weighted by molar-refractivity contribution is 6.45. The average molecular weight is 544 g/mol. The molecule has 11 heteroatoms. The van der Waals surface area contributed by atoms with Crippen molar-refractivity contribution in [3.63, 3.8) is 0 Å². The van der Waals surface area contributed by atoms with E-state index in [0.717, 1.165) is 4.90 Å². The van der Waals surface area contributed by atoms with Crippen LogP contribution in [0, 0.1) is 0 Å². The summed E-state index contributed by atoms with van der Waals surface area (Å²) in [7, 11) is 1.23. The van der Waals surface area contributed by atoms with Gasteiger partial charge in [-0.25, -0.2) is 19.7 Å².